The van der Waals surface area contributed by atoms with Crippen molar-refractivity contribution >= 4 is 23.4 Å². The summed E-state index contributed by atoms with van der Waals surface area (Å²) < 4.78 is 37.8. The summed E-state index contributed by atoms with van der Waals surface area (Å²) in [6.07, 6.45) is -3.98. The maximum atomic E-state index is 12.6. The Morgan fingerprint density at radius 3 is 2.62 bits per heavy atom. The number of allylic oxidation sites excluding steroid dienone is 2. The summed E-state index contributed by atoms with van der Waals surface area (Å²) in [6, 6.07) is 0.429. The lowest BCUT2D eigenvalue weighted by Crippen LogP contribution is -2.16. The molecule has 1 aromatic rings. The molecule has 0 saturated heterocycles. The molecule has 116 valence electrons. The fourth-order valence-corrected chi connectivity index (χ4v) is 2.76. The minimum atomic E-state index is -4.66. The largest absolute Gasteiger partial charge is 0.433 e. The second-order valence-corrected chi connectivity index (χ2v) is 5.72. The van der Waals surface area contributed by atoms with Crippen molar-refractivity contribution in [3.05, 3.63) is 44.9 Å². The lowest BCUT2D eigenvalue weighted by molar-refractivity contribution is -0.141. The molecule has 1 rings (SSSR count). The van der Waals surface area contributed by atoms with Crippen LogP contribution in [0, 0.1) is 0 Å². The molecule has 0 aliphatic rings. The van der Waals surface area contributed by atoms with Crippen LogP contribution in [-0.4, -0.2) is 15.7 Å². The Bertz CT molecular complexity index is 619. The predicted octanol–water partition coefficient (Wildman–Crippen LogP) is 4.36. The molecule has 0 aliphatic heterocycles. The first-order valence-corrected chi connectivity index (χ1v) is 7.36. The van der Waals surface area contributed by atoms with Gasteiger partial charge >= 0.3 is 6.18 Å². The van der Waals surface area contributed by atoms with Gasteiger partial charge in [0.1, 0.15) is 0 Å². The van der Waals surface area contributed by atoms with Crippen molar-refractivity contribution in [3.63, 3.8) is 0 Å². The number of hydrogen-bond donors (Lipinski definition) is 1. The molecule has 0 bridgehead atoms. The molecule has 0 aromatic carbocycles. The maximum absolute atomic E-state index is 12.6. The summed E-state index contributed by atoms with van der Waals surface area (Å²) in [7, 11) is 0. The fraction of sp³-hybridized carbons (Fsp3) is 0.385. The molecule has 1 aromatic heterocycles. The first-order chi connectivity index (χ1) is 9.65. The molecule has 21 heavy (non-hydrogen) atoms. The van der Waals surface area contributed by atoms with Gasteiger partial charge in [0.15, 0.2) is 10.9 Å². The third-order valence-electron chi connectivity index (χ3n) is 2.63. The lowest BCUT2D eigenvalue weighted by Gasteiger charge is -2.11. The zero-order valence-electron chi connectivity index (χ0n) is 11.5. The van der Waals surface area contributed by atoms with Gasteiger partial charge in [0.2, 0.25) is 0 Å². The van der Waals surface area contributed by atoms with Crippen LogP contribution in [0.15, 0.2) is 38.8 Å². The van der Waals surface area contributed by atoms with E-state index in [9.17, 15) is 18.0 Å². The van der Waals surface area contributed by atoms with E-state index < -0.39 is 17.4 Å². The molecule has 8 heteroatoms. The van der Waals surface area contributed by atoms with Crippen LogP contribution in [0.1, 0.15) is 26.0 Å². The number of thioether (sulfide) groups is 1. The van der Waals surface area contributed by atoms with E-state index in [1.54, 1.807) is 6.92 Å². The summed E-state index contributed by atoms with van der Waals surface area (Å²) >= 11 is 6.93. The highest BCUT2D eigenvalue weighted by atomic mass is 35.5. The Hall–Kier alpha value is -1.21. The number of aromatic amines is 1. The van der Waals surface area contributed by atoms with Crippen LogP contribution in [0.5, 0.6) is 0 Å². The predicted molar refractivity (Wildman–Crippen MR) is 78.6 cm³/mol. The van der Waals surface area contributed by atoms with E-state index in [4.69, 9.17) is 11.6 Å². The van der Waals surface area contributed by atoms with Gasteiger partial charge in [-0.3, -0.25) is 4.79 Å². The van der Waals surface area contributed by atoms with Gasteiger partial charge in [-0.2, -0.15) is 13.2 Å². The molecule has 1 N–H and O–H groups in total. The second kappa shape index (κ2) is 7.17. The lowest BCUT2D eigenvalue weighted by atomic mass is 10.1. The van der Waals surface area contributed by atoms with Crippen LogP contribution < -0.4 is 5.56 Å². The van der Waals surface area contributed by atoms with Gasteiger partial charge in [0.25, 0.3) is 5.56 Å². The number of halogens is 4. The van der Waals surface area contributed by atoms with E-state index >= 15 is 0 Å². The van der Waals surface area contributed by atoms with Gasteiger partial charge in [0, 0.05) is 16.9 Å². The summed E-state index contributed by atoms with van der Waals surface area (Å²) in [5, 5.41) is 0.415. The number of aromatic nitrogens is 2. The van der Waals surface area contributed by atoms with E-state index in [0.29, 0.717) is 17.5 Å². The van der Waals surface area contributed by atoms with E-state index in [0.717, 1.165) is 22.9 Å². The van der Waals surface area contributed by atoms with Crippen LogP contribution in [0.25, 0.3) is 0 Å². The van der Waals surface area contributed by atoms with Gasteiger partial charge in [-0.1, -0.05) is 42.4 Å². The van der Waals surface area contributed by atoms with Gasteiger partial charge < -0.3 is 4.98 Å². The number of nitrogens with one attached hydrogen (secondary N) is 1. The van der Waals surface area contributed by atoms with Crippen LogP contribution >= 0.6 is 23.4 Å². The highest BCUT2D eigenvalue weighted by Gasteiger charge is 2.33. The molecule has 0 saturated carbocycles. The fourth-order valence-electron chi connectivity index (χ4n) is 1.45. The zero-order valence-corrected chi connectivity index (χ0v) is 13.0. The molecular formula is C13H14ClF3N2OS. The van der Waals surface area contributed by atoms with E-state index in [1.165, 1.54) is 0 Å². The van der Waals surface area contributed by atoms with Crippen molar-refractivity contribution in [3.8, 4) is 0 Å². The minimum absolute atomic E-state index is 0.103. The van der Waals surface area contributed by atoms with Gasteiger partial charge in [-0.05, 0) is 18.9 Å². The zero-order chi connectivity index (χ0) is 16.2. The number of alkyl halides is 3. The topological polar surface area (TPSA) is 45.8 Å². The normalized spacial score (nSPS) is 13.0. The highest BCUT2D eigenvalue weighted by Crippen LogP contribution is 2.29. The molecule has 0 unspecified atom stereocenters. The van der Waals surface area contributed by atoms with Crippen LogP contribution in [0.3, 0.4) is 0 Å². The average molecular weight is 339 g/mol. The Labute approximate surface area is 129 Å². The minimum Gasteiger partial charge on any atom is -0.301 e. The quantitative estimate of drug-likeness (QED) is 0.493. The van der Waals surface area contributed by atoms with Crippen LogP contribution in [0.2, 0.25) is 0 Å². The van der Waals surface area contributed by atoms with Crippen molar-refractivity contribution in [2.24, 2.45) is 0 Å². The van der Waals surface area contributed by atoms with E-state index in [1.807, 2.05) is 6.92 Å². The molecule has 0 fully saturated rings. The molecule has 1 heterocycles. The molecule has 3 nitrogen and oxygen atoms in total. The number of nitrogens with zero attached hydrogens (tertiary/aromatic N) is 1. The summed E-state index contributed by atoms with van der Waals surface area (Å²) in [4.78, 5) is 16.9. The first kappa shape index (κ1) is 17.8. The smallest absolute Gasteiger partial charge is 0.301 e. The molecule has 0 atom stereocenters. The van der Waals surface area contributed by atoms with Crippen molar-refractivity contribution < 1.29 is 13.2 Å². The molecule has 0 radical (unpaired) electrons. The molecule has 0 spiro atoms. The maximum Gasteiger partial charge on any atom is 0.433 e. The van der Waals surface area contributed by atoms with E-state index in [-0.39, 0.29) is 10.9 Å². The van der Waals surface area contributed by atoms with Crippen LogP contribution in [-0.2, 0) is 6.18 Å². The number of H-pyrrole nitrogens is 1. The standard InChI is InChI=1S/C13H14ClF3N2OS/c1-4-7(2)9(8(3)14)6-21-12-18-10(13(15,16)17)5-11(20)19-12/h5H,2,4,6H2,1,3H3,(H,18,19,20). The van der Waals surface area contributed by atoms with Gasteiger partial charge in [-0.25, -0.2) is 4.98 Å². The van der Waals surface area contributed by atoms with Crippen molar-refractivity contribution in [1.29, 1.82) is 0 Å². The molecule has 0 amide bonds. The van der Waals surface area contributed by atoms with Gasteiger partial charge in [0.05, 0.1) is 0 Å². The summed E-state index contributed by atoms with van der Waals surface area (Å²) in [5.74, 6) is 0.284. The SMILES string of the molecule is C=C(CC)C(CSc1nc(C(F)(F)F)cc(=O)[nH]1)=C(C)Cl. The third-order valence-corrected chi connectivity index (χ3v) is 3.76. The highest BCUT2D eigenvalue weighted by molar-refractivity contribution is 7.99. The Balaban J connectivity index is 2.99. The molecular weight excluding hydrogens is 325 g/mol. The van der Waals surface area contributed by atoms with Crippen LogP contribution in [0.4, 0.5) is 13.2 Å². The van der Waals surface area contributed by atoms with Crippen molar-refractivity contribution in [2.75, 3.05) is 5.75 Å². The number of hydrogen-bond acceptors (Lipinski definition) is 3. The Morgan fingerprint density at radius 2 is 2.14 bits per heavy atom. The molecule has 0 aliphatic carbocycles. The van der Waals surface area contributed by atoms with E-state index in [2.05, 4.69) is 16.5 Å². The number of rotatable bonds is 5. The monoisotopic (exact) mass is 338 g/mol. The summed E-state index contributed by atoms with van der Waals surface area (Å²) in [5.41, 5.74) is -0.521. The Kier molecular flexibility index (Phi) is 6.10. The second-order valence-electron chi connectivity index (χ2n) is 4.19. The van der Waals surface area contributed by atoms with Gasteiger partial charge in [-0.15, -0.1) is 0 Å². The Morgan fingerprint density at radius 1 is 1.52 bits per heavy atom. The average Bonchev–Trinajstić information content (AvgIpc) is 2.36. The van der Waals surface area contributed by atoms with Crippen molar-refractivity contribution in [1.82, 2.24) is 9.97 Å². The first-order valence-electron chi connectivity index (χ1n) is 6.00. The third kappa shape index (κ3) is 5.24. The summed E-state index contributed by atoms with van der Waals surface area (Å²) in [6.45, 7) is 7.43. The van der Waals surface area contributed by atoms with Crippen molar-refractivity contribution in [2.45, 2.75) is 31.6 Å².